The summed E-state index contributed by atoms with van der Waals surface area (Å²) in [6.45, 7) is 13.8. The number of imide groups is 1. The van der Waals surface area contributed by atoms with E-state index in [-0.39, 0.29) is 47.2 Å². The lowest BCUT2D eigenvalue weighted by molar-refractivity contribution is -0.136. The largest absolute Gasteiger partial charge is 0.493 e. The van der Waals surface area contributed by atoms with Crippen LogP contribution < -0.4 is 30.9 Å². The minimum absolute atomic E-state index is 0.0770. The van der Waals surface area contributed by atoms with Gasteiger partial charge in [-0.05, 0) is 97.7 Å². The molecule has 2 N–H and O–H groups in total. The molecule has 0 bridgehead atoms. The highest BCUT2D eigenvalue weighted by Gasteiger charge is 2.57. The van der Waals surface area contributed by atoms with Crippen LogP contribution in [0.15, 0.2) is 71.5 Å². The molecule has 3 amide bonds. The van der Waals surface area contributed by atoms with Crippen LogP contribution in [0.3, 0.4) is 0 Å². The van der Waals surface area contributed by atoms with Crippen molar-refractivity contribution in [2.24, 2.45) is 23.8 Å². The first-order valence-corrected chi connectivity index (χ1v) is 21.6. The Labute approximate surface area is 361 Å². The van der Waals surface area contributed by atoms with E-state index < -0.39 is 11.9 Å². The van der Waals surface area contributed by atoms with Gasteiger partial charge in [0.25, 0.3) is 11.8 Å². The Hall–Kier alpha value is -5.65. The molecule has 1 aliphatic carbocycles. The summed E-state index contributed by atoms with van der Waals surface area (Å²) < 4.78 is 8.76. The lowest BCUT2D eigenvalue weighted by Gasteiger charge is -2.58. The van der Waals surface area contributed by atoms with E-state index in [9.17, 15) is 24.4 Å². The number of nitrogens with zero attached hydrogens (tertiary/aromatic N) is 7. The number of piperidine rings is 2. The zero-order valence-corrected chi connectivity index (χ0v) is 36.1. The molecule has 3 aliphatic heterocycles. The van der Waals surface area contributed by atoms with E-state index >= 15 is 0 Å². The van der Waals surface area contributed by atoms with Gasteiger partial charge < -0.3 is 19.9 Å². The molecule has 4 fully saturated rings. The Kier molecular flexibility index (Phi) is 11.7. The second-order valence-electron chi connectivity index (χ2n) is 18.2. The van der Waals surface area contributed by atoms with Crippen molar-refractivity contribution in [2.45, 2.75) is 65.0 Å². The highest BCUT2D eigenvalue weighted by molar-refractivity contribution is 6.31. The molecule has 0 radical (unpaired) electrons. The van der Waals surface area contributed by atoms with Crippen molar-refractivity contribution >= 4 is 40.7 Å². The van der Waals surface area contributed by atoms with Crippen molar-refractivity contribution < 1.29 is 19.1 Å². The van der Waals surface area contributed by atoms with E-state index in [1.165, 1.54) is 9.25 Å². The Morgan fingerprint density at radius 3 is 2.20 bits per heavy atom. The van der Waals surface area contributed by atoms with Crippen LogP contribution in [0.5, 0.6) is 5.75 Å². The third kappa shape index (κ3) is 8.77. The fourth-order valence-corrected chi connectivity index (χ4v) is 10.3. The number of hydrogen-bond acceptors (Lipinski definition) is 10. The number of hydrogen-bond donors (Lipinski definition) is 2. The number of anilines is 2. The van der Waals surface area contributed by atoms with E-state index in [1.807, 2.05) is 24.3 Å². The van der Waals surface area contributed by atoms with Gasteiger partial charge in [-0.1, -0.05) is 32.4 Å². The molecule has 0 spiro atoms. The number of carbonyl (C=O) groups is 3. The molecule has 3 atom stereocenters. The second kappa shape index (κ2) is 17.0. The number of ether oxygens (including phenoxy) is 1. The number of aromatic nitrogens is 3. The molecule has 61 heavy (non-hydrogen) atoms. The molecule has 320 valence electrons. The number of halogens is 1. The molecule has 1 aromatic heterocycles. The van der Waals surface area contributed by atoms with Crippen LogP contribution in [-0.2, 0) is 16.6 Å². The fraction of sp³-hybridized carbons (Fsp3) is 0.478. The van der Waals surface area contributed by atoms with Gasteiger partial charge in [0.05, 0.1) is 17.2 Å². The molecule has 3 saturated heterocycles. The summed E-state index contributed by atoms with van der Waals surface area (Å²) >= 11 is 6.22. The summed E-state index contributed by atoms with van der Waals surface area (Å²) in [6.07, 6.45) is 3.57. The maximum Gasteiger partial charge on any atom is 0.346 e. The number of piperazine rings is 1. The summed E-state index contributed by atoms with van der Waals surface area (Å²) in [7, 11) is 1.65. The average molecular weight is 848 g/mol. The number of carbonyl (C=O) groups excluding carboxylic acids is 3. The number of nitrogens with one attached hydrogen (secondary N) is 2. The molecule has 4 heterocycles. The molecular formula is C46H54ClN9O5. The van der Waals surface area contributed by atoms with E-state index in [1.54, 1.807) is 25.2 Å². The molecule has 1 saturated carbocycles. The third-order valence-corrected chi connectivity index (χ3v) is 13.6. The molecule has 4 aliphatic rings. The third-order valence-electron chi connectivity index (χ3n) is 13.2. The van der Waals surface area contributed by atoms with Crippen LogP contribution >= 0.6 is 11.6 Å². The molecule has 14 nitrogen and oxygen atoms in total. The summed E-state index contributed by atoms with van der Waals surface area (Å²) in [4.78, 5) is 57.9. The standard InChI is InChI=1S/C46H54ClN9O5/c1-45(2)28-46(3,29-61-36-14-9-33(26-48)37(47)25-36)43(45)50-41(58)32-7-12-34(13-8-32)54-19-17-30(18-20-54)27-53-21-23-55(24-22-53)35-10-5-31(6-11-35)40-51-56(44(60)52(40)4)38-15-16-39(57)49-42(38)59/h5-14,25,30,38,43H,15-24,27-29H2,1-4H3,(H,50,58)(H,49,57,59)/t38?,43-,46+/m1/s1. The summed E-state index contributed by atoms with van der Waals surface area (Å²) in [5.74, 6) is 0.806. The van der Waals surface area contributed by atoms with Crippen molar-refractivity contribution in [3.8, 4) is 23.2 Å². The predicted molar refractivity (Wildman–Crippen MR) is 234 cm³/mol. The number of nitriles is 1. The lowest BCUT2D eigenvalue weighted by Crippen LogP contribution is -2.66. The predicted octanol–water partition coefficient (Wildman–Crippen LogP) is 5.40. The van der Waals surface area contributed by atoms with Crippen LogP contribution in [0.2, 0.25) is 5.02 Å². The Bertz CT molecular complexity index is 2390. The Balaban J connectivity index is 0.780. The van der Waals surface area contributed by atoms with Gasteiger partial charge in [0.1, 0.15) is 17.9 Å². The molecular weight excluding hydrogens is 794 g/mol. The zero-order chi connectivity index (χ0) is 43.1. The maximum absolute atomic E-state index is 13.5. The van der Waals surface area contributed by atoms with Crippen LogP contribution in [0, 0.1) is 28.1 Å². The van der Waals surface area contributed by atoms with E-state index in [0.29, 0.717) is 40.2 Å². The second-order valence-corrected chi connectivity index (χ2v) is 18.6. The van der Waals surface area contributed by atoms with Crippen LogP contribution in [0.4, 0.5) is 11.4 Å². The number of amides is 3. The van der Waals surface area contributed by atoms with Gasteiger partial charge in [-0.3, -0.25) is 29.2 Å². The molecule has 15 heteroatoms. The van der Waals surface area contributed by atoms with Crippen LogP contribution in [0.1, 0.15) is 74.8 Å². The highest BCUT2D eigenvalue weighted by Crippen LogP contribution is 2.54. The minimum Gasteiger partial charge on any atom is -0.493 e. The Morgan fingerprint density at radius 2 is 1.57 bits per heavy atom. The van der Waals surface area contributed by atoms with Crippen molar-refractivity contribution in [3.05, 3.63) is 93.4 Å². The quantitative estimate of drug-likeness (QED) is 0.187. The monoisotopic (exact) mass is 847 g/mol. The van der Waals surface area contributed by atoms with Crippen LogP contribution in [0.25, 0.3) is 11.4 Å². The van der Waals surface area contributed by atoms with Gasteiger partial charge in [0.2, 0.25) is 5.91 Å². The normalized spacial score (nSPS) is 23.2. The van der Waals surface area contributed by atoms with Gasteiger partial charge in [0.15, 0.2) is 5.82 Å². The molecule has 4 aromatic rings. The average Bonchev–Trinajstić information content (AvgIpc) is 3.55. The zero-order valence-electron chi connectivity index (χ0n) is 35.3. The van der Waals surface area contributed by atoms with Gasteiger partial charge in [-0.25, -0.2) is 9.48 Å². The molecule has 8 rings (SSSR count). The van der Waals surface area contributed by atoms with Crippen molar-refractivity contribution in [2.75, 3.05) is 62.2 Å². The fourth-order valence-electron chi connectivity index (χ4n) is 10.1. The summed E-state index contributed by atoms with van der Waals surface area (Å²) in [5.41, 5.74) is 3.37. The van der Waals surface area contributed by atoms with Crippen LogP contribution in [-0.4, -0.2) is 95.4 Å². The number of benzene rings is 3. The smallest absolute Gasteiger partial charge is 0.346 e. The first-order valence-electron chi connectivity index (χ1n) is 21.3. The maximum atomic E-state index is 13.5. The van der Waals surface area contributed by atoms with Crippen molar-refractivity contribution in [1.29, 1.82) is 5.26 Å². The van der Waals surface area contributed by atoms with E-state index in [4.69, 9.17) is 16.3 Å². The van der Waals surface area contributed by atoms with E-state index in [0.717, 1.165) is 82.0 Å². The van der Waals surface area contributed by atoms with Crippen molar-refractivity contribution in [1.82, 2.24) is 29.9 Å². The molecule has 1 unspecified atom stereocenters. The topological polar surface area (TPSA) is 158 Å². The number of rotatable bonds is 11. The summed E-state index contributed by atoms with van der Waals surface area (Å²) in [6, 6.07) is 22.3. The van der Waals surface area contributed by atoms with E-state index in [2.05, 4.69) is 81.5 Å². The first kappa shape index (κ1) is 42.1. The van der Waals surface area contributed by atoms with Gasteiger partial charge in [-0.15, -0.1) is 5.10 Å². The highest BCUT2D eigenvalue weighted by atomic mass is 35.5. The van der Waals surface area contributed by atoms with Gasteiger partial charge in [0, 0.05) is 99.3 Å². The van der Waals surface area contributed by atoms with Gasteiger partial charge in [-0.2, -0.15) is 5.26 Å². The first-order chi connectivity index (χ1) is 29.2. The Morgan fingerprint density at radius 1 is 0.918 bits per heavy atom. The van der Waals surface area contributed by atoms with Gasteiger partial charge >= 0.3 is 5.69 Å². The van der Waals surface area contributed by atoms with Crippen molar-refractivity contribution in [3.63, 3.8) is 0 Å². The summed E-state index contributed by atoms with van der Waals surface area (Å²) in [5, 5.41) is 19.7. The minimum atomic E-state index is -0.797. The SMILES string of the molecule is Cn1c(-c2ccc(N3CCN(CC4CCN(c5ccc(C(=O)N[C@@H]6C(C)(C)C[C@@]6(C)COc6ccc(C#N)c(Cl)c6)cc5)CC4)CC3)cc2)nn(C2CCC(=O)NC2=O)c1=O. The molecule has 3 aromatic carbocycles. The lowest BCUT2D eigenvalue weighted by atomic mass is 9.51.